The molecule has 6 nitrogen and oxygen atoms in total. The number of guanidine groups is 1. The van der Waals surface area contributed by atoms with Crippen LogP contribution in [0.15, 0.2) is 4.99 Å². The van der Waals surface area contributed by atoms with Crippen LogP contribution in [-0.4, -0.2) is 51.2 Å². The summed E-state index contributed by atoms with van der Waals surface area (Å²) in [5, 5.41) is 2.81. The Morgan fingerprint density at radius 3 is 2.45 bits per heavy atom. The summed E-state index contributed by atoms with van der Waals surface area (Å²) in [5.41, 5.74) is 5.63. The van der Waals surface area contributed by atoms with Crippen molar-refractivity contribution in [1.82, 2.24) is 5.32 Å². The van der Waals surface area contributed by atoms with E-state index in [-0.39, 0.29) is 42.2 Å². The molecule has 0 saturated heterocycles. The van der Waals surface area contributed by atoms with E-state index in [0.717, 1.165) is 6.42 Å². The molecular weight excluding hydrogens is 393 g/mol. The molecule has 20 heavy (non-hydrogen) atoms. The lowest BCUT2D eigenvalue weighted by atomic mass is 10.3. The number of hydrogen-bond donors (Lipinski definition) is 2. The molecule has 0 unspecified atom stereocenters. The number of hydrogen-bond acceptors (Lipinski definition) is 4. The second-order valence-electron chi connectivity index (χ2n) is 5.18. The molecule has 0 atom stereocenters. The van der Waals surface area contributed by atoms with E-state index < -0.39 is 14.6 Å². The zero-order valence-corrected chi connectivity index (χ0v) is 16.0. The zero-order chi connectivity index (χ0) is 14.9. The van der Waals surface area contributed by atoms with E-state index in [4.69, 9.17) is 10.5 Å². The molecule has 0 rings (SSSR count). The minimum Gasteiger partial charge on any atom is -0.382 e. The highest BCUT2D eigenvalue weighted by atomic mass is 127. The average molecular weight is 421 g/mol. The number of sulfone groups is 1. The number of rotatable bonds is 8. The smallest absolute Gasteiger partial charge is 0.188 e. The monoisotopic (exact) mass is 421 g/mol. The highest BCUT2D eigenvalue weighted by Gasteiger charge is 2.28. The maximum absolute atomic E-state index is 11.8. The van der Waals surface area contributed by atoms with Crippen molar-refractivity contribution in [2.24, 2.45) is 10.7 Å². The second kappa shape index (κ2) is 10.6. The van der Waals surface area contributed by atoms with Crippen LogP contribution in [0.2, 0.25) is 0 Å². The molecule has 0 amide bonds. The maximum atomic E-state index is 11.8. The van der Waals surface area contributed by atoms with Crippen LogP contribution in [0.5, 0.6) is 0 Å². The number of nitrogens with two attached hydrogens (primary N) is 1. The molecule has 0 radical (unpaired) electrons. The first-order valence-electron chi connectivity index (χ1n) is 6.54. The first kappa shape index (κ1) is 22.2. The van der Waals surface area contributed by atoms with Crippen molar-refractivity contribution in [3.63, 3.8) is 0 Å². The SMILES string of the molecule is CCOCCCN=C(N)NCCS(=O)(=O)C(C)(C)C.I. The largest absolute Gasteiger partial charge is 0.382 e. The highest BCUT2D eigenvalue weighted by Crippen LogP contribution is 2.14. The van der Waals surface area contributed by atoms with Gasteiger partial charge in [-0.15, -0.1) is 24.0 Å². The van der Waals surface area contributed by atoms with Crippen molar-refractivity contribution in [2.75, 3.05) is 32.1 Å². The van der Waals surface area contributed by atoms with Crippen LogP contribution >= 0.6 is 24.0 Å². The molecule has 0 aromatic rings. The van der Waals surface area contributed by atoms with Gasteiger partial charge in [0, 0.05) is 26.3 Å². The van der Waals surface area contributed by atoms with E-state index in [0.29, 0.717) is 19.8 Å². The molecule has 0 saturated carbocycles. The Balaban J connectivity index is 0. The molecule has 8 heteroatoms. The summed E-state index contributed by atoms with van der Waals surface area (Å²) in [4.78, 5) is 4.09. The summed E-state index contributed by atoms with van der Waals surface area (Å²) in [7, 11) is -3.12. The van der Waals surface area contributed by atoms with Gasteiger partial charge < -0.3 is 15.8 Å². The van der Waals surface area contributed by atoms with Crippen LogP contribution in [0, 0.1) is 0 Å². The van der Waals surface area contributed by atoms with E-state index in [1.165, 1.54) is 0 Å². The quantitative estimate of drug-likeness (QED) is 0.266. The number of aliphatic imine (C=N–C) groups is 1. The molecule has 0 heterocycles. The lowest BCUT2D eigenvalue weighted by molar-refractivity contribution is 0.146. The van der Waals surface area contributed by atoms with Crippen LogP contribution in [0.25, 0.3) is 0 Å². The molecule has 0 aliphatic carbocycles. The van der Waals surface area contributed by atoms with Gasteiger partial charge in [0.15, 0.2) is 15.8 Å². The van der Waals surface area contributed by atoms with Crippen molar-refractivity contribution in [3.8, 4) is 0 Å². The third-order valence-electron chi connectivity index (χ3n) is 2.54. The van der Waals surface area contributed by atoms with Crippen molar-refractivity contribution in [2.45, 2.75) is 38.9 Å². The summed E-state index contributed by atoms with van der Waals surface area (Å²) in [6, 6.07) is 0. The second-order valence-corrected chi connectivity index (χ2v) is 8.04. The van der Waals surface area contributed by atoms with Crippen molar-refractivity contribution in [3.05, 3.63) is 0 Å². The van der Waals surface area contributed by atoms with Crippen LogP contribution in [0.4, 0.5) is 0 Å². The van der Waals surface area contributed by atoms with Gasteiger partial charge in [0.2, 0.25) is 0 Å². The predicted molar refractivity (Wildman–Crippen MR) is 94.6 cm³/mol. The Kier molecular flexibility index (Phi) is 11.8. The lowest BCUT2D eigenvalue weighted by Crippen LogP contribution is -2.39. The number of nitrogens with one attached hydrogen (secondary N) is 1. The van der Waals surface area contributed by atoms with Gasteiger partial charge in [-0.25, -0.2) is 8.42 Å². The van der Waals surface area contributed by atoms with Crippen LogP contribution in [0.1, 0.15) is 34.1 Å². The molecule has 0 fully saturated rings. The molecule has 0 aromatic heterocycles. The fourth-order valence-corrected chi connectivity index (χ4v) is 2.17. The van der Waals surface area contributed by atoms with Crippen LogP contribution in [0.3, 0.4) is 0 Å². The van der Waals surface area contributed by atoms with Gasteiger partial charge in [0.1, 0.15) is 0 Å². The van der Waals surface area contributed by atoms with Gasteiger partial charge in [0.25, 0.3) is 0 Å². The highest BCUT2D eigenvalue weighted by molar-refractivity contribution is 14.0. The summed E-state index contributed by atoms with van der Waals surface area (Å²) in [6.07, 6.45) is 0.802. The molecule has 0 aliphatic rings. The fraction of sp³-hybridized carbons (Fsp3) is 0.917. The van der Waals surface area contributed by atoms with E-state index in [1.807, 2.05) is 6.92 Å². The Morgan fingerprint density at radius 2 is 1.95 bits per heavy atom. The van der Waals surface area contributed by atoms with Crippen molar-refractivity contribution >= 4 is 39.8 Å². The minimum absolute atomic E-state index is 0. The Bertz CT molecular complexity index is 378. The molecule has 122 valence electrons. The first-order chi connectivity index (χ1) is 8.70. The molecule has 3 N–H and O–H groups in total. The number of halogens is 1. The van der Waals surface area contributed by atoms with Crippen molar-refractivity contribution in [1.29, 1.82) is 0 Å². The van der Waals surface area contributed by atoms with Crippen LogP contribution < -0.4 is 11.1 Å². The lowest BCUT2D eigenvalue weighted by Gasteiger charge is -2.19. The molecule has 0 bridgehead atoms. The van der Waals surface area contributed by atoms with Gasteiger partial charge in [-0.2, -0.15) is 0 Å². The van der Waals surface area contributed by atoms with Crippen molar-refractivity contribution < 1.29 is 13.2 Å². The Morgan fingerprint density at radius 1 is 1.35 bits per heavy atom. The van der Waals surface area contributed by atoms with Gasteiger partial charge in [-0.05, 0) is 34.1 Å². The third-order valence-corrected chi connectivity index (χ3v) is 5.15. The Labute approximate surface area is 139 Å². The van der Waals surface area contributed by atoms with E-state index >= 15 is 0 Å². The average Bonchev–Trinajstić information content (AvgIpc) is 2.27. The Hall–Kier alpha value is -0.0900. The minimum atomic E-state index is -3.12. The van der Waals surface area contributed by atoms with E-state index in [1.54, 1.807) is 20.8 Å². The number of ether oxygens (including phenoxy) is 1. The summed E-state index contributed by atoms with van der Waals surface area (Å²) >= 11 is 0. The van der Waals surface area contributed by atoms with E-state index in [2.05, 4.69) is 10.3 Å². The summed E-state index contributed by atoms with van der Waals surface area (Å²) < 4.78 is 28.1. The first-order valence-corrected chi connectivity index (χ1v) is 8.19. The van der Waals surface area contributed by atoms with Crippen LogP contribution in [-0.2, 0) is 14.6 Å². The van der Waals surface area contributed by atoms with Gasteiger partial charge in [-0.1, -0.05) is 0 Å². The van der Waals surface area contributed by atoms with Gasteiger partial charge in [-0.3, -0.25) is 4.99 Å². The van der Waals surface area contributed by atoms with Gasteiger partial charge >= 0.3 is 0 Å². The topological polar surface area (TPSA) is 93.8 Å². The molecule has 0 aliphatic heterocycles. The summed E-state index contributed by atoms with van der Waals surface area (Å²) in [6.45, 7) is 9.21. The van der Waals surface area contributed by atoms with Gasteiger partial charge in [0.05, 0.1) is 10.5 Å². The molecule has 0 spiro atoms. The van der Waals surface area contributed by atoms with E-state index in [9.17, 15) is 8.42 Å². The zero-order valence-electron chi connectivity index (χ0n) is 12.8. The number of nitrogens with zero attached hydrogens (tertiary/aromatic N) is 1. The maximum Gasteiger partial charge on any atom is 0.188 e. The standard InChI is InChI=1S/C12H27N3O3S.HI/c1-5-18-9-6-7-14-11(13)15-8-10-19(16,17)12(2,3)4;/h5-10H2,1-4H3,(H3,13,14,15);1H. The fourth-order valence-electron chi connectivity index (χ4n) is 1.19. The molecular formula is C12H28IN3O3S. The predicted octanol–water partition coefficient (Wildman–Crippen LogP) is 1.15. The normalized spacial score (nSPS) is 12.9. The third kappa shape index (κ3) is 9.76. The molecule has 0 aromatic carbocycles. The summed E-state index contributed by atoms with van der Waals surface area (Å²) in [5.74, 6) is 0.326.